The third kappa shape index (κ3) is 3.66. The van der Waals surface area contributed by atoms with E-state index in [0.717, 1.165) is 57.2 Å². The normalized spacial score (nSPS) is 27.9. The molecule has 2 bridgehead atoms. The molecule has 0 aliphatic carbocycles. The first-order valence-corrected chi connectivity index (χ1v) is 12.2. The molecule has 0 saturated carbocycles. The minimum atomic E-state index is -0.566. The van der Waals surface area contributed by atoms with E-state index in [-0.39, 0.29) is 6.04 Å². The Kier molecular flexibility index (Phi) is 5.82. The van der Waals surface area contributed by atoms with Crippen LogP contribution in [0.1, 0.15) is 30.1 Å². The van der Waals surface area contributed by atoms with Crippen LogP contribution in [0.25, 0.3) is 10.9 Å². The minimum absolute atomic E-state index is 0.133. The van der Waals surface area contributed by atoms with Crippen LogP contribution >= 0.6 is 15.9 Å². The number of nitrogens with zero attached hydrogens (tertiary/aromatic N) is 2. The van der Waals surface area contributed by atoms with E-state index in [1.165, 1.54) is 12.0 Å². The number of rotatable bonds is 6. The lowest BCUT2D eigenvalue weighted by Crippen LogP contribution is -2.67. The molecule has 32 heavy (non-hydrogen) atoms. The van der Waals surface area contributed by atoms with Gasteiger partial charge in [0.05, 0.1) is 25.7 Å². The Balaban J connectivity index is 1.57. The minimum Gasteiger partial charge on any atom is -0.497 e. The molecule has 4 nitrogen and oxygen atoms in total. The number of quaternary nitrogens is 1. The summed E-state index contributed by atoms with van der Waals surface area (Å²) in [5.41, 5.74) is 3.14. The molecule has 4 heterocycles. The van der Waals surface area contributed by atoms with Gasteiger partial charge >= 0.3 is 0 Å². The first-order chi connectivity index (χ1) is 15.5. The molecule has 5 heteroatoms. The maximum atomic E-state index is 11.9. The fraction of sp³-hybridized carbons (Fsp3) is 0.370. The maximum Gasteiger partial charge on any atom is 0.131 e. The molecule has 3 aromatic rings. The molecule has 0 amide bonds. The van der Waals surface area contributed by atoms with Crippen LogP contribution < -0.4 is 4.74 Å². The van der Waals surface area contributed by atoms with E-state index in [2.05, 4.69) is 57.8 Å². The second-order valence-corrected chi connectivity index (χ2v) is 10.2. The van der Waals surface area contributed by atoms with Gasteiger partial charge in [0.2, 0.25) is 0 Å². The van der Waals surface area contributed by atoms with E-state index >= 15 is 0 Å². The highest BCUT2D eigenvalue weighted by Gasteiger charge is 2.54. The van der Waals surface area contributed by atoms with Crippen molar-refractivity contribution in [2.45, 2.75) is 31.5 Å². The van der Waals surface area contributed by atoms with Crippen LogP contribution in [-0.4, -0.2) is 40.8 Å². The van der Waals surface area contributed by atoms with Gasteiger partial charge in [-0.05, 0) is 41.8 Å². The molecule has 2 aromatic carbocycles. The van der Waals surface area contributed by atoms with Crippen molar-refractivity contribution in [3.8, 4) is 5.75 Å². The highest BCUT2D eigenvalue weighted by molar-refractivity contribution is 9.10. The Hall–Kier alpha value is -2.21. The molecule has 1 unspecified atom stereocenters. The lowest BCUT2D eigenvalue weighted by atomic mass is 9.71. The number of ether oxygens (including phenoxy) is 1. The van der Waals surface area contributed by atoms with Crippen molar-refractivity contribution in [2.24, 2.45) is 11.8 Å². The third-order valence-electron chi connectivity index (χ3n) is 7.78. The van der Waals surface area contributed by atoms with Gasteiger partial charge in [0.25, 0.3) is 0 Å². The van der Waals surface area contributed by atoms with Gasteiger partial charge in [-0.1, -0.05) is 40.2 Å². The molecule has 5 atom stereocenters. The summed E-state index contributed by atoms with van der Waals surface area (Å²) in [6.45, 7) is 7.17. The summed E-state index contributed by atoms with van der Waals surface area (Å²) >= 11 is 3.76. The van der Waals surface area contributed by atoms with Crippen LogP contribution in [0, 0.1) is 11.8 Å². The number of aliphatic hydroxyl groups is 1. The Morgan fingerprint density at radius 1 is 1.28 bits per heavy atom. The Morgan fingerprint density at radius 2 is 2.12 bits per heavy atom. The average Bonchev–Trinajstić information content (AvgIpc) is 2.84. The van der Waals surface area contributed by atoms with Gasteiger partial charge < -0.3 is 14.3 Å². The summed E-state index contributed by atoms with van der Waals surface area (Å²) in [4.78, 5) is 4.52. The van der Waals surface area contributed by atoms with Crippen LogP contribution in [0.5, 0.6) is 5.75 Å². The summed E-state index contributed by atoms with van der Waals surface area (Å²) in [5, 5.41) is 12.9. The molecular weight excluding hydrogens is 464 g/mol. The second-order valence-electron chi connectivity index (χ2n) is 9.35. The molecular formula is C27H30BrN2O2+. The van der Waals surface area contributed by atoms with Crippen LogP contribution in [-0.2, 0) is 6.54 Å². The molecule has 3 aliphatic heterocycles. The number of halogens is 1. The van der Waals surface area contributed by atoms with Crippen molar-refractivity contribution in [2.75, 3.05) is 20.2 Å². The highest BCUT2D eigenvalue weighted by atomic mass is 79.9. The fourth-order valence-corrected chi connectivity index (χ4v) is 6.50. The largest absolute Gasteiger partial charge is 0.497 e. The Labute approximate surface area is 198 Å². The number of pyridine rings is 1. The van der Waals surface area contributed by atoms with Crippen molar-refractivity contribution >= 4 is 26.8 Å². The van der Waals surface area contributed by atoms with Crippen molar-refractivity contribution < 1.29 is 14.3 Å². The Bertz CT molecular complexity index is 1150. The smallest absolute Gasteiger partial charge is 0.131 e. The number of fused-ring (bicyclic) bond motifs is 4. The highest BCUT2D eigenvalue weighted by Crippen LogP contribution is 2.48. The van der Waals surface area contributed by atoms with Gasteiger partial charge in [0.1, 0.15) is 24.4 Å². The van der Waals surface area contributed by atoms with Gasteiger partial charge in [-0.3, -0.25) is 4.98 Å². The Morgan fingerprint density at radius 3 is 2.91 bits per heavy atom. The number of methoxy groups -OCH3 is 1. The standard InChI is InChI=1S/C27H30BrN2O2/c1-3-18-16-30(17-20-6-4-5-7-24(20)28)13-11-19(18)14-26(30)27(31)22-10-12-29-25-9-8-21(32-2)15-23(22)25/h3-10,12,15,18-19,26-27,31H,1,11,13-14,16-17H2,2H3/q+1/t18-,19-,26+,27-,30?/m0/s1. The molecule has 6 rings (SSSR count). The van der Waals surface area contributed by atoms with Crippen LogP contribution in [0.4, 0.5) is 0 Å². The van der Waals surface area contributed by atoms with Crippen molar-refractivity contribution in [1.29, 1.82) is 0 Å². The number of benzene rings is 2. The number of aromatic nitrogens is 1. The predicted molar refractivity (Wildman–Crippen MR) is 131 cm³/mol. The molecule has 166 valence electrons. The summed E-state index contributed by atoms with van der Waals surface area (Å²) in [5.74, 6) is 1.88. The summed E-state index contributed by atoms with van der Waals surface area (Å²) in [6, 6.07) is 16.5. The first kappa shape index (κ1) is 21.6. The zero-order valence-corrected chi connectivity index (χ0v) is 20.0. The van der Waals surface area contributed by atoms with Gasteiger partial charge in [-0.15, -0.1) is 6.58 Å². The van der Waals surface area contributed by atoms with E-state index in [1.807, 2.05) is 30.5 Å². The lowest BCUT2D eigenvalue weighted by molar-refractivity contribution is -0.985. The van der Waals surface area contributed by atoms with E-state index in [0.29, 0.717) is 11.8 Å². The van der Waals surface area contributed by atoms with Crippen molar-refractivity contribution in [3.05, 3.63) is 83.0 Å². The van der Waals surface area contributed by atoms with Gasteiger partial charge in [-0.25, -0.2) is 0 Å². The molecule has 0 radical (unpaired) electrons. The average molecular weight is 494 g/mol. The zero-order chi connectivity index (χ0) is 22.3. The molecule has 1 N–H and O–H groups in total. The zero-order valence-electron chi connectivity index (χ0n) is 18.5. The van der Waals surface area contributed by atoms with Crippen molar-refractivity contribution in [3.63, 3.8) is 0 Å². The van der Waals surface area contributed by atoms with Gasteiger partial charge in [0, 0.05) is 40.4 Å². The topological polar surface area (TPSA) is 42.4 Å². The fourth-order valence-electron chi connectivity index (χ4n) is 6.09. The number of aliphatic hydroxyl groups excluding tert-OH is 1. The third-order valence-corrected chi connectivity index (χ3v) is 8.56. The van der Waals surface area contributed by atoms with Gasteiger partial charge in [-0.2, -0.15) is 0 Å². The monoisotopic (exact) mass is 493 g/mol. The van der Waals surface area contributed by atoms with Crippen molar-refractivity contribution in [1.82, 2.24) is 4.98 Å². The molecule has 1 aromatic heterocycles. The number of hydrogen-bond donors (Lipinski definition) is 1. The number of hydrogen-bond acceptors (Lipinski definition) is 3. The SMILES string of the molecule is C=C[C@H]1C[N+]2(Cc3ccccc3Br)CC[C@H]1C[C@@H]2[C@@H](O)c1ccnc2ccc(OC)cc12. The van der Waals surface area contributed by atoms with Gasteiger partial charge in [0.15, 0.2) is 0 Å². The molecule has 3 aliphatic rings. The van der Waals surface area contributed by atoms with Crippen LogP contribution in [0.15, 0.2) is 71.9 Å². The van der Waals surface area contributed by atoms with E-state index in [4.69, 9.17) is 4.74 Å². The lowest BCUT2D eigenvalue weighted by Gasteiger charge is -2.58. The summed E-state index contributed by atoms with van der Waals surface area (Å²) in [6.07, 6.45) is 5.59. The number of piperidine rings is 3. The quantitative estimate of drug-likeness (QED) is 0.356. The van der Waals surface area contributed by atoms with Crippen LogP contribution in [0.2, 0.25) is 0 Å². The van der Waals surface area contributed by atoms with E-state index in [9.17, 15) is 5.11 Å². The molecule has 3 saturated heterocycles. The van der Waals surface area contributed by atoms with Crippen LogP contribution in [0.3, 0.4) is 0 Å². The second kappa shape index (κ2) is 8.62. The summed E-state index contributed by atoms with van der Waals surface area (Å²) < 4.78 is 7.50. The van der Waals surface area contributed by atoms with E-state index < -0.39 is 6.10 Å². The molecule has 3 fully saturated rings. The summed E-state index contributed by atoms with van der Waals surface area (Å²) in [7, 11) is 1.67. The first-order valence-electron chi connectivity index (χ1n) is 11.4. The maximum absolute atomic E-state index is 11.9. The molecule has 0 spiro atoms. The predicted octanol–water partition coefficient (Wildman–Crippen LogP) is 5.65. The van der Waals surface area contributed by atoms with E-state index in [1.54, 1.807) is 7.11 Å².